The molecule has 1 heterocycles. The van der Waals surface area contributed by atoms with Gasteiger partial charge in [-0.15, -0.1) is 0 Å². The van der Waals surface area contributed by atoms with Crippen molar-refractivity contribution in [3.8, 4) is 0 Å². The molecule has 2 aromatic rings. The van der Waals surface area contributed by atoms with Crippen LogP contribution in [0, 0.1) is 24.0 Å². The van der Waals surface area contributed by atoms with E-state index >= 15 is 0 Å². The van der Waals surface area contributed by atoms with Gasteiger partial charge in [-0.05, 0) is 26.0 Å². The lowest BCUT2D eigenvalue weighted by Gasteiger charge is -2.08. The van der Waals surface area contributed by atoms with E-state index in [0.29, 0.717) is 18.8 Å². The van der Waals surface area contributed by atoms with Crippen molar-refractivity contribution < 1.29 is 14.2 Å². The maximum absolute atomic E-state index is 11.9. The normalized spacial score (nSPS) is 10.3. The Morgan fingerprint density at radius 3 is 2.52 bits per heavy atom. The predicted octanol–water partition coefficient (Wildman–Crippen LogP) is 1.97. The summed E-state index contributed by atoms with van der Waals surface area (Å²) in [5, 5.41) is 20.2. The van der Waals surface area contributed by atoms with Crippen LogP contribution in [0.1, 0.15) is 17.0 Å². The van der Waals surface area contributed by atoms with Gasteiger partial charge < -0.3 is 15.2 Å². The first-order valence-electron chi connectivity index (χ1n) is 7.14. The van der Waals surface area contributed by atoms with Crippen LogP contribution in [0.25, 0.3) is 0 Å². The van der Waals surface area contributed by atoms with E-state index in [-0.39, 0.29) is 18.0 Å². The number of nitro groups is 1. The molecule has 1 aromatic heterocycles. The Morgan fingerprint density at radius 2 is 1.96 bits per heavy atom. The SMILES string of the molecule is Cc1noc(C)c1CC(=O)NCCNc1ccc([N+](=O)[O-])cc1. The molecule has 0 saturated heterocycles. The Balaban J connectivity index is 1.72. The molecule has 0 aliphatic rings. The van der Waals surface area contributed by atoms with Crippen molar-refractivity contribution in [2.24, 2.45) is 0 Å². The second-order valence-electron chi connectivity index (χ2n) is 5.06. The molecule has 0 spiro atoms. The van der Waals surface area contributed by atoms with Crippen molar-refractivity contribution in [1.82, 2.24) is 10.5 Å². The largest absolute Gasteiger partial charge is 0.383 e. The molecular formula is C15H18N4O4. The molecular weight excluding hydrogens is 300 g/mol. The van der Waals surface area contributed by atoms with Crippen LogP contribution in [0.3, 0.4) is 0 Å². The first-order valence-corrected chi connectivity index (χ1v) is 7.14. The molecule has 0 atom stereocenters. The van der Waals surface area contributed by atoms with Crippen molar-refractivity contribution in [3.63, 3.8) is 0 Å². The van der Waals surface area contributed by atoms with Crippen LogP contribution in [-0.4, -0.2) is 29.1 Å². The monoisotopic (exact) mass is 318 g/mol. The summed E-state index contributed by atoms with van der Waals surface area (Å²) in [6, 6.07) is 6.12. The number of aryl methyl sites for hydroxylation is 2. The Hall–Kier alpha value is -2.90. The fraction of sp³-hybridized carbons (Fsp3) is 0.333. The van der Waals surface area contributed by atoms with Crippen molar-refractivity contribution >= 4 is 17.3 Å². The van der Waals surface area contributed by atoms with Gasteiger partial charge in [0.2, 0.25) is 5.91 Å². The molecule has 8 heteroatoms. The van der Waals surface area contributed by atoms with E-state index in [0.717, 1.165) is 16.9 Å². The van der Waals surface area contributed by atoms with Crippen LogP contribution in [0.2, 0.25) is 0 Å². The fourth-order valence-electron chi connectivity index (χ4n) is 2.09. The number of rotatable bonds is 7. The highest BCUT2D eigenvalue weighted by atomic mass is 16.6. The molecule has 0 bridgehead atoms. The molecule has 1 amide bonds. The van der Waals surface area contributed by atoms with Crippen LogP contribution < -0.4 is 10.6 Å². The molecule has 0 aliphatic carbocycles. The van der Waals surface area contributed by atoms with E-state index in [1.807, 2.05) is 0 Å². The van der Waals surface area contributed by atoms with Crippen molar-refractivity contribution in [1.29, 1.82) is 0 Å². The maximum Gasteiger partial charge on any atom is 0.269 e. The van der Waals surface area contributed by atoms with Crippen LogP contribution in [-0.2, 0) is 11.2 Å². The van der Waals surface area contributed by atoms with Crippen LogP contribution in [0.4, 0.5) is 11.4 Å². The average molecular weight is 318 g/mol. The molecule has 2 rings (SSSR count). The van der Waals surface area contributed by atoms with E-state index in [2.05, 4.69) is 15.8 Å². The summed E-state index contributed by atoms with van der Waals surface area (Å²) in [5.74, 6) is 0.548. The number of carbonyl (C=O) groups excluding carboxylic acids is 1. The highest BCUT2D eigenvalue weighted by Crippen LogP contribution is 2.15. The van der Waals surface area contributed by atoms with Crippen molar-refractivity contribution in [3.05, 3.63) is 51.4 Å². The highest BCUT2D eigenvalue weighted by molar-refractivity contribution is 5.79. The minimum Gasteiger partial charge on any atom is -0.383 e. The zero-order valence-corrected chi connectivity index (χ0v) is 13.0. The molecule has 2 N–H and O–H groups in total. The number of hydrogen-bond acceptors (Lipinski definition) is 6. The quantitative estimate of drug-likeness (QED) is 0.459. The first-order chi connectivity index (χ1) is 11.0. The van der Waals surface area contributed by atoms with Gasteiger partial charge in [0.05, 0.1) is 17.0 Å². The van der Waals surface area contributed by atoms with Crippen LogP contribution in [0.5, 0.6) is 0 Å². The third-order valence-corrected chi connectivity index (χ3v) is 3.37. The lowest BCUT2D eigenvalue weighted by molar-refractivity contribution is -0.384. The second kappa shape index (κ2) is 7.39. The Morgan fingerprint density at radius 1 is 1.26 bits per heavy atom. The van der Waals surface area contributed by atoms with Gasteiger partial charge in [-0.2, -0.15) is 0 Å². The zero-order chi connectivity index (χ0) is 16.8. The summed E-state index contributed by atoms with van der Waals surface area (Å²) in [4.78, 5) is 22.0. The van der Waals surface area contributed by atoms with Gasteiger partial charge in [0.25, 0.3) is 5.69 Å². The molecule has 23 heavy (non-hydrogen) atoms. The van der Waals surface area contributed by atoms with Gasteiger partial charge in [0.15, 0.2) is 0 Å². The Labute approximate surface area is 133 Å². The number of anilines is 1. The van der Waals surface area contributed by atoms with E-state index < -0.39 is 4.92 Å². The van der Waals surface area contributed by atoms with E-state index in [9.17, 15) is 14.9 Å². The van der Waals surface area contributed by atoms with E-state index in [1.165, 1.54) is 12.1 Å². The van der Waals surface area contributed by atoms with Crippen molar-refractivity contribution in [2.75, 3.05) is 18.4 Å². The van der Waals surface area contributed by atoms with Crippen LogP contribution in [0.15, 0.2) is 28.8 Å². The molecule has 122 valence electrons. The molecule has 0 saturated carbocycles. The first kappa shape index (κ1) is 16.5. The van der Waals surface area contributed by atoms with Crippen LogP contribution >= 0.6 is 0 Å². The summed E-state index contributed by atoms with van der Waals surface area (Å²) in [5.41, 5.74) is 2.34. The Bertz CT molecular complexity index is 675. The number of hydrogen-bond donors (Lipinski definition) is 2. The average Bonchev–Trinajstić information content (AvgIpc) is 2.84. The molecule has 0 unspecified atom stereocenters. The topological polar surface area (TPSA) is 110 Å². The molecule has 0 fully saturated rings. The van der Waals surface area contributed by atoms with Gasteiger partial charge in [-0.3, -0.25) is 14.9 Å². The number of non-ortho nitro benzene ring substituents is 1. The zero-order valence-electron chi connectivity index (χ0n) is 13.0. The second-order valence-corrected chi connectivity index (χ2v) is 5.06. The van der Waals surface area contributed by atoms with Gasteiger partial charge in [-0.25, -0.2) is 0 Å². The smallest absolute Gasteiger partial charge is 0.269 e. The van der Waals surface area contributed by atoms with Gasteiger partial charge >= 0.3 is 0 Å². The molecule has 0 aliphatic heterocycles. The van der Waals surface area contributed by atoms with E-state index in [4.69, 9.17) is 4.52 Å². The minimum atomic E-state index is -0.446. The number of nitro benzene ring substituents is 1. The van der Waals surface area contributed by atoms with Gasteiger partial charge in [0.1, 0.15) is 5.76 Å². The lowest BCUT2D eigenvalue weighted by Crippen LogP contribution is -2.30. The number of nitrogens with zero attached hydrogens (tertiary/aromatic N) is 2. The van der Waals surface area contributed by atoms with Gasteiger partial charge in [-0.1, -0.05) is 5.16 Å². The number of benzene rings is 1. The van der Waals surface area contributed by atoms with Gasteiger partial charge in [0, 0.05) is 36.5 Å². The van der Waals surface area contributed by atoms with Crippen molar-refractivity contribution in [2.45, 2.75) is 20.3 Å². The molecule has 8 nitrogen and oxygen atoms in total. The highest BCUT2D eigenvalue weighted by Gasteiger charge is 2.12. The number of nitrogens with one attached hydrogen (secondary N) is 2. The standard InChI is InChI=1S/C15H18N4O4/c1-10-14(11(2)23-18-10)9-15(20)17-8-7-16-12-3-5-13(6-4-12)19(21)22/h3-6,16H,7-9H2,1-2H3,(H,17,20). The fourth-order valence-corrected chi connectivity index (χ4v) is 2.09. The predicted molar refractivity (Wildman–Crippen MR) is 84.3 cm³/mol. The number of amides is 1. The summed E-state index contributed by atoms with van der Waals surface area (Å²) in [6.07, 6.45) is 0.235. The molecule has 1 aromatic carbocycles. The summed E-state index contributed by atoms with van der Waals surface area (Å²) >= 11 is 0. The number of aromatic nitrogens is 1. The molecule has 0 radical (unpaired) electrons. The maximum atomic E-state index is 11.9. The minimum absolute atomic E-state index is 0.0447. The lowest BCUT2D eigenvalue weighted by atomic mass is 10.1. The van der Waals surface area contributed by atoms with E-state index in [1.54, 1.807) is 26.0 Å². The summed E-state index contributed by atoms with van der Waals surface area (Å²) < 4.78 is 5.02. The third-order valence-electron chi connectivity index (χ3n) is 3.37. The summed E-state index contributed by atoms with van der Waals surface area (Å²) in [7, 11) is 0. The Kier molecular flexibility index (Phi) is 5.29. The summed E-state index contributed by atoms with van der Waals surface area (Å²) in [6.45, 7) is 4.54. The third kappa shape index (κ3) is 4.53. The number of carbonyl (C=O) groups is 1.